The Labute approximate surface area is 144 Å². The number of rotatable bonds is 7. The van der Waals surface area contributed by atoms with Crippen LogP contribution in [0.15, 0.2) is 41.0 Å². The van der Waals surface area contributed by atoms with Gasteiger partial charge < -0.3 is 14.4 Å². The highest BCUT2D eigenvalue weighted by Gasteiger charge is 2.28. The summed E-state index contributed by atoms with van der Waals surface area (Å²) in [5.74, 6) is -0.756. The van der Waals surface area contributed by atoms with Crippen LogP contribution in [0.4, 0.5) is 0 Å². The fourth-order valence-electron chi connectivity index (χ4n) is 2.52. The van der Waals surface area contributed by atoms with E-state index in [4.69, 9.17) is 21.1 Å². The van der Waals surface area contributed by atoms with Gasteiger partial charge in [-0.3, -0.25) is 4.79 Å². The number of carboxylic acid groups (broad SMARTS) is 1. The maximum Gasteiger partial charge on any atom is 0.338 e. The number of hydrogen-bond donors (Lipinski definition) is 1. The maximum atomic E-state index is 12.6. The third kappa shape index (κ3) is 4.17. The molecule has 0 bridgehead atoms. The molecular weight excluding hydrogens is 330 g/mol. The molecule has 0 radical (unpaired) electrons. The lowest BCUT2D eigenvalue weighted by atomic mass is 10.1. The van der Waals surface area contributed by atoms with Gasteiger partial charge in [0.05, 0.1) is 5.56 Å². The zero-order chi connectivity index (χ0) is 17.1. The summed E-state index contributed by atoms with van der Waals surface area (Å²) in [7, 11) is 0. The Kier molecular flexibility index (Phi) is 4.90. The quantitative estimate of drug-likeness (QED) is 0.828. The standard InChI is InChI=1S/C18H18ClNO4/c19-15-5-3-12(4-6-15)7-8-20(10-13-1-2-13)17(21)16-9-14(11-24-16)18(22)23/h3-6,9,11,13H,1-2,7-8,10H2,(H,22,23). The topological polar surface area (TPSA) is 70.7 Å². The van der Waals surface area contributed by atoms with Crippen LogP contribution in [0.25, 0.3) is 0 Å². The van der Waals surface area contributed by atoms with Crippen molar-refractivity contribution in [1.29, 1.82) is 0 Å². The van der Waals surface area contributed by atoms with Crippen LogP contribution in [0.3, 0.4) is 0 Å². The molecule has 0 unspecified atom stereocenters. The Balaban J connectivity index is 1.68. The molecule has 1 fully saturated rings. The predicted octanol–water partition coefficient (Wildman–Crippen LogP) is 3.73. The second-order valence-corrected chi connectivity index (χ2v) is 6.51. The first-order valence-electron chi connectivity index (χ1n) is 7.88. The third-order valence-corrected chi connectivity index (χ3v) is 4.36. The van der Waals surface area contributed by atoms with Gasteiger partial charge in [-0.2, -0.15) is 0 Å². The number of benzene rings is 1. The molecule has 3 rings (SSSR count). The molecule has 1 aliphatic rings. The van der Waals surface area contributed by atoms with Crippen LogP contribution < -0.4 is 0 Å². The van der Waals surface area contributed by atoms with E-state index in [1.54, 1.807) is 4.90 Å². The molecule has 1 aliphatic carbocycles. The Hall–Kier alpha value is -2.27. The van der Waals surface area contributed by atoms with Gasteiger partial charge in [-0.25, -0.2) is 4.79 Å². The van der Waals surface area contributed by atoms with Crippen molar-refractivity contribution < 1.29 is 19.1 Å². The van der Waals surface area contributed by atoms with Crippen molar-refractivity contribution >= 4 is 23.5 Å². The fraction of sp³-hybridized carbons (Fsp3) is 0.333. The van der Waals surface area contributed by atoms with Crippen LogP contribution in [0, 0.1) is 5.92 Å². The number of carboxylic acids is 1. The van der Waals surface area contributed by atoms with E-state index in [0.29, 0.717) is 30.5 Å². The summed E-state index contributed by atoms with van der Waals surface area (Å²) in [5.41, 5.74) is 1.08. The summed E-state index contributed by atoms with van der Waals surface area (Å²) in [6.07, 6.45) is 4.07. The van der Waals surface area contributed by atoms with Crippen LogP contribution >= 0.6 is 11.6 Å². The molecule has 126 valence electrons. The Morgan fingerprint density at radius 3 is 2.54 bits per heavy atom. The van der Waals surface area contributed by atoms with Gasteiger partial charge in [0, 0.05) is 24.2 Å². The summed E-state index contributed by atoms with van der Waals surface area (Å²) in [6, 6.07) is 8.83. The van der Waals surface area contributed by atoms with Crippen LogP contribution in [-0.4, -0.2) is 35.0 Å². The van der Waals surface area contributed by atoms with Crippen molar-refractivity contribution in [3.05, 3.63) is 58.5 Å². The van der Waals surface area contributed by atoms with E-state index in [-0.39, 0.29) is 17.2 Å². The van der Waals surface area contributed by atoms with Crippen LogP contribution in [0.5, 0.6) is 0 Å². The minimum atomic E-state index is -1.10. The van der Waals surface area contributed by atoms with Crippen molar-refractivity contribution in [2.24, 2.45) is 5.92 Å². The van der Waals surface area contributed by atoms with E-state index in [9.17, 15) is 9.59 Å². The molecule has 2 aromatic rings. The van der Waals surface area contributed by atoms with Gasteiger partial charge in [-0.15, -0.1) is 0 Å². The van der Waals surface area contributed by atoms with Crippen molar-refractivity contribution in [2.75, 3.05) is 13.1 Å². The number of carbonyl (C=O) groups excluding carboxylic acids is 1. The van der Waals surface area contributed by atoms with E-state index in [1.807, 2.05) is 24.3 Å². The molecule has 1 aromatic carbocycles. The molecule has 0 spiro atoms. The highest BCUT2D eigenvalue weighted by molar-refractivity contribution is 6.30. The van der Waals surface area contributed by atoms with Gasteiger partial charge in [-0.05, 0) is 42.9 Å². The number of halogens is 1. The number of hydrogen-bond acceptors (Lipinski definition) is 3. The zero-order valence-corrected chi connectivity index (χ0v) is 13.8. The summed E-state index contributed by atoms with van der Waals surface area (Å²) < 4.78 is 5.15. The zero-order valence-electron chi connectivity index (χ0n) is 13.1. The molecule has 5 nitrogen and oxygen atoms in total. The first-order chi connectivity index (χ1) is 11.5. The second-order valence-electron chi connectivity index (χ2n) is 6.08. The number of nitrogens with zero attached hydrogens (tertiary/aromatic N) is 1. The Morgan fingerprint density at radius 1 is 1.25 bits per heavy atom. The maximum absolute atomic E-state index is 12.6. The van der Waals surface area contributed by atoms with Gasteiger partial charge in [0.1, 0.15) is 6.26 Å². The molecule has 0 aliphatic heterocycles. The van der Waals surface area contributed by atoms with Crippen LogP contribution in [0.2, 0.25) is 5.02 Å². The molecule has 0 atom stereocenters. The lowest BCUT2D eigenvalue weighted by Crippen LogP contribution is -2.34. The predicted molar refractivity (Wildman–Crippen MR) is 89.5 cm³/mol. The van der Waals surface area contributed by atoms with Gasteiger partial charge in [0.15, 0.2) is 5.76 Å². The van der Waals surface area contributed by atoms with Crippen molar-refractivity contribution in [3.8, 4) is 0 Å². The van der Waals surface area contributed by atoms with E-state index < -0.39 is 5.97 Å². The lowest BCUT2D eigenvalue weighted by molar-refractivity contribution is 0.0693. The molecule has 1 N–H and O–H groups in total. The van der Waals surface area contributed by atoms with E-state index >= 15 is 0 Å². The summed E-state index contributed by atoms with van der Waals surface area (Å²) in [4.78, 5) is 25.3. The average molecular weight is 348 g/mol. The fourth-order valence-corrected chi connectivity index (χ4v) is 2.65. The molecule has 0 saturated heterocycles. The summed E-state index contributed by atoms with van der Waals surface area (Å²) >= 11 is 5.88. The van der Waals surface area contributed by atoms with Gasteiger partial charge in [0.25, 0.3) is 5.91 Å². The monoisotopic (exact) mass is 347 g/mol. The van der Waals surface area contributed by atoms with E-state index in [2.05, 4.69) is 0 Å². The molecule has 1 saturated carbocycles. The van der Waals surface area contributed by atoms with Crippen molar-refractivity contribution in [1.82, 2.24) is 4.90 Å². The normalized spacial score (nSPS) is 13.7. The largest absolute Gasteiger partial charge is 0.478 e. The van der Waals surface area contributed by atoms with Gasteiger partial charge in [0.2, 0.25) is 0 Å². The Morgan fingerprint density at radius 2 is 1.96 bits per heavy atom. The number of carbonyl (C=O) groups is 2. The van der Waals surface area contributed by atoms with Gasteiger partial charge in [-0.1, -0.05) is 23.7 Å². The SMILES string of the molecule is O=C(O)c1coc(C(=O)N(CCc2ccc(Cl)cc2)CC2CC2)c1. The highest BCUT2D eigenvalue weighted by Crippen LogP contribution is 2.30. The van der Waals surface area contributed by atoms with Crippen LogP contribution in [-0.2, 0) is 6.42 Å². The van der Waals surface area contributed by atoms with E-state index in [1.165, 1.54) is 6.07 Å². The van der Waals surface area contributed by atoms with Crippen molar-refractivity contribution in [3.63, 3.8) is 0 Å². The number of aromatic carboxylic acids is 1. The molecular formula is C18H18ClNO4. The second kappa shape index (κ2) is 7.09. The Bertz CT molecular complexity index is 734. The summed E-state index contributed by atoms with van der Waals surface area (Å²) in [5, 5.41) is 9.63. The molecule has 1 amide bonds. The molecule has 1 heterocycles. The smallest absolute Gasteiger partial charge is 0.338 e. The number of amides is 1. The lowest BCUT2D eigenvalue weighted by Gasteiger charge is -2.21. The molecule has 24 heavy (non-hydrogen) atoms. The first-order valence-corrected chi connectivity index (χ1v) is 8.26. The minimum Gasteiger partial charge on any atom is -0.478 e. The summed E-state index contributed by atoms with van der Waals surface area (Å²) in [6.45, 7) is 1.23. The highest BCUT2D eigenvalue weighted by atomic mass is 35.5. The number of furan rings is 1. The van der Waals surface area contributed by atoms with Crippen molar-refractivity contribution in [2.45, 2.75) is 19.3 Å². The minimum absolute atomic E-state index is 0.0116. The average Bonchev–Trinajstić information content (AvgIpc) is 3.24. The van der Waals surface area contributed by atoms with E-state index in [0.717, 1.165) is 24.7 Å². The van der Waals surface area contributed by atoms with Gasteiger partial charge >= 0.3 is 5.97 Å². The molecule has 6 heteroatoms. The third-order valence-electron chi connectivity index (χ3n) is 4.10. The van der Waals surface area contributed by atoms with Crippen LogP contribution in [0.1, 0.15) is 39.3 Å². The molecule has 1 aromatic heterocycles. The first kappa shape index (κ1) is 16.6.